The van der Waals surface area contributed by atoms with Crippen LogP contribution in [-0.2, 0) is 11.6 Å². The van der Waals surface area contributed by atoms with Crippen molar-refractivity contribution in [3.05, 3.63) is 34.3 Å². The summed E-state index contributed by atoms with van der Waals surface area (Å²) in [4.78, 5) is 0. The lowest BCUT2D eigenvalue weighted by Crippen LogP contribution is -2.20. The molecule has 0 unspecified atom stereocenters. The molecule has 1 aliphatic carbocycles. The fraction of sp³-hybridized carbons (Fsp3) is 0.500. The molecule has 0 spiro atoms. The number of fused-ring (bicyclic) bond motifs is 1. The molecule has 1 nitrogen and oxygen atoms in total. The van der Waals surface area contributed by atoms with Crippen molar-refractivity contribution < 1.29 is 13.2 Å². The van der Waals surface area contributed by atoms with Crippen molar-refractivity contribution in [2.24, 2.45) is 5.92 Å². The van der Waals surface area contributed by atoms with Crippen molar-refractivity contribution in [2.45, 2.75) is 18.0 Å². The molecule has 0 bridgehead atoms. The fourth-order valence-electron chi connectivity index (χ4n) is 2.84. The van der Waals surface area contributed by atoms with Gasteiger partial charge in [-0.3, -0.25) is 0 Å². The molecule has 1 saturated heterocycles. The van der Waals surface area contributed by atoms with E-state index in [1.807, 2.05) is 0 Å². The summed E-state index contributed by atoms with van der Waals surface area (Å²) in [5.74, 6) is 0.491. The van der Waals surface area contributed by atoms with Crippen LogP contribution in [-0.4, -0.2) is 13.1 Å². The van der Waals surface area contributed by atoms with Gasteiger partial charge in [0.2, 0.25) is 0 Å². The van der Waals surface area contributed by atoms with Gasteiger partial charge in [0.15, 0.2) is 0 Å². The van der Waals surface area contributed by atoms with Gasteiger partial charge in [-0.15, -0.1) is 0 Å². The summed E-state index contributed by atoms with van der Waals surface area (Å²) >= 11 is 5.61. The number of hydrogen-bond acceptors (Lipinski definition) is 1. The standard InChI is InChI=1S/C12H11ClF3N/c13-10-2-1-7(3-9(10)12(14,15)16)11-4-8(11)5-17-6-11/h1-3,8,17H,4-6H2/t8-,11-/m0/s1. The van der Waals surface area contributed by atoms with Crippen molar-refractivity contribution in [1.29, 1.82) is 0 Å². The zero-order valence-electron chi connectivity index (χ0n) is 8.94. The van der Waals surface area contributed by atoms with E-state index in [4.69, 9.17) is 11.6 Å². The van der Waals surface area contributed by atoms with Gasteiger partial charge in [0.1, 0.15) is 0 Å². The molecule has 0 radical (unpaired) electrons. The number of halogens is 4. The van der Waals surface area contributed by atoms with Gasteiger partial charge in [0.25, 0.3) is 0 Å². The summed E-state index contributed by atoms with van der Waals surface area (Å²) in [6.07, 6.45) is -3.39. The first-order chi connectivity index (χ1) is 7.93. The number of rotatable bonds is 1. The highest BCUT2D eigenvalue weighted by molar-refractivity contribution is 6.31. The zero-order valence-corrected chi connectivity index (χ0v) is 9.70. The predicted molar refractivity (Wildman–Crippen MR) is 59.1 cm³/mol. The predicted octanol–water partition coefficient (Wildman–Crippen LogP) is 3.22. The van der Waals surface area contributed by atoms with Crippen LogP contribution in [0.5, 0.6) is 0 Å². The Morgan fingerprint density at radius 1 is 1.35 bits per heavy atom. The maximum absolute atomic E-state index is 12.8. The Kier molecular flexibility index (Phi) is 2.26. The second-order valence-corrected chi connectivity index (χ2v) is 5.29. The number of alkyl halides is 3. The third-order valence-corrected chi connectivity index (χ3v) is 4.24. The van der Waals surface area contributed by atoms with Crippen LogP contribution in [0.2, 0.25) is 5.02 Å². The largest absolute Gasteiger partial charge is 0.417 e. The van der Waals surface area contributed by atoms with Gasteiger partial charge in [-0.2, -0.15) is 13.2 Å². The van der Waals surface area contributed by atoms with Crippen LogP contribution in [0.4, 0.5) is 13.2 Å². The maximum Gasteiger partial charge on any atom is 0.417 e. The van der Waals surface area contributed by atoms with Crippen molar-refractivity contribution in [3.8, 4) is 0 Å². The topological polar surface area (TPSA) is 12.0 Å². The smallest absolute Gasteiger partial charge is 0.316 e. The van der Waals surface area contributed by atoms with E-state index in [0.717, 1.165) is 25.1 Å². The molecule has 2 aliphatic rings. The highest BCUT2D eigenvalue weighted by Crippen LogP contribution is 2.57. The van der Waals surface area contributed by atoms with Crippen LogP contribution in [0.3, 0.4) is 0 Å². The summed E-state index contributed by atoms with van der Waals surface area (Å²) < 4.78 is 38.3. The minimum Gasteiger partial charge on any atom is -0.316 e. The van der Waals surface area contributed by atoms with E-state index in [9.17, 15) is 13.2 Å². The molecular formula is C12H11ClF3N. The van der Waals surface area contributed by atoms with Crippen molar-refractivity contribution in [1.82, 2.24) is 5.32 Å². The average Bonchev–Trinajstić information content (AvgIpc) is 2.80. The van der Waals surface area contributed by atoms with Crippen molar-refractivity contribution in [3.63, 3.8) is 0 Å². The maximum atomic E-state index is 12.8. The first-order valence-corrected chi connectivity index (χ1v) is 5.89. The Morgan fingerprint density at radius 2 is 2.12 bits per heavy atom. The molecule has 1 N–H and O–H groups in total. The minimum atomic E-state index is -4.37. The van der Waals surface area contributed by atoms with Gasteiger partial charge in [0.05, 0.1) is 10.6 Å². The number of nitrogens with one attached hydrogen (secondary N) is 1. The van der Waals surface area contributed by atoms with Gasteiger partial charge in [-0.1, -0.05) is 17.7 Å². The molecule has 1 aromatic carbocycles. The Bertz CT molecular complexity index is 471. The Morgan fingerprint density at radius 3 is 2.65 bits per heavy atom. The van der Waals surface area contributed by atoms with Crippen LogP contribution >= 0.6 is 11.6 Å². The van der Waals surface area contributed by atoms with Crippen LogP contribution < -0.4 is 5.32 Å². The lowest BCUT2D eigenvalue weighted by molar-refractivity contribution is -0.137. The molecule has 92 valence electrons. The SMILES string of the molecule is FC(F)(F)c1cc([C@]23CNC[C@@H]2C3)ccc1Cl. The third-order valence-electron chi connectivity index (χ3n) is 3.91. The highest BCUT2D eigenvalue weighted by atomic mass is 35.5. The lowest BCUT2D eigenvalue weighted by atomic mass is 9.93. The summed E-state index contributed by atoms with van der Waals surface area (Å²) in [5, 5.41) is 3.00. The molecule has 1 saturated carbocycles. The number of benzene rings is 1. The van der Waals surface area contributed by atoms with Gasteiger partial charge in [0, 0.05) is 12.0 Å². The summed E-state index contributed by atoms with van der Waals surface area (Å²) in [6, 6.07) is 4.31. The number of hydrogen-bond donors (Lipinski definition) is 1. The molecule has 0 amide bonds. The minimum absolute atomic E-state index is 0.0649. The summed E-state index contributed by atoms with van der Waals surface area (Å²) in [6.45, 7) is 1.68. The zero-order chi connectivity index (χ0) is 12.3. The average molecular weight is 262 g/mol. The van der Waals surface area contributed by atoms with Crippen molar-refractivity contribution in [2.75, 3.05) is 13.1 Å². The monoisotopic (exact) mass is 261 g/mol. The Balaban J connectivity index is 2.03. The van der Waals surface area contributed by atoms with E-state index in [0.29, 0.717) is 5.92 Å². The van der Waals surface area contributed by atoms with Gasteiger partial charge in [-0.25, -0.2) is 0 Å². The second-order valence-electron chi connectivity index (χ2n) is 4.88. The van der Waals surface area contributed by atoms with Crippen LogP contribution in [0.25, 0.3) is 0 Å². The molecule has 1 aromatic rings. The highest BCUT2D eigenvalue weighted by Gasteiger charge is 2.58. The van der Waals surface area contributed by atoms with Gasteiger partial charge < -0.3 is 5.32 Å². The second kappa shape index (κ2) is 3.39. The van der Waals surface area contributed by atoms with E-state index in [1.165, 1.54) is 12.1 Å². The quantitative estimate of drug-likeness (QED) is 0.819. The summed E-state index contributed by atoms with van der Waals surface area (Å²) in [5.41, 5.74) is -0.0160. The Labute approximate surface area is 102 Å². The van der Waals surface area contributed by atoms with Gasteiger partial charge in [-0.05, 0) is 36.6 Å². The first-order valence-electron chi connectivity index (χ1n) is 5.51. The van der Waals surface area contributed by atoms with Crippen LogP contribution in [0.1, 0.15) is 17.5 Å². The lowest BCUT2D eigenvalue weighted by Gasteiger charge is -2.16. The molecular weight excluding hydrogens is 251 g/mol. The molecule has 17 heavy (non-hydrogen) atoms. The normalized spacial score (nSPS) is 31.4. The van der Waals surface area contributed by atoms with Crippen molar-refractivity contribution >= 4 is 11.6 Å². The molecule has 2 atom stereocenters. The molecule has 1 aliphatic heterocycles. The van der Waals surface area contributed by atoms with Crippen LogP contribution in [0, 0.1) is 5.92 Å². The Hall–Kier alpha value is -0.740. The third kappa shape index (κ3) is 1.66. The molecule has 0 aromatic heterocycles. The van der Waals surface area contributed by atoms with Crippen LogP contribution in [0.15, 0.2) is 18.2 Å². The molecule has 1 heterocycles. The van der Waals surface area contributed by atoms with E-state index in [1.54, 1.807) is 6.07 Å². The summed E-state index contributed by atoms with van der Waals surface area (Å²) in [7, 11) is 0. The van der Waals surface area contributed by atoms with E-state index < -0.39 is 11.7 Å². The molecule has 2 fully saturated rings. The number of piperidine rings is 1. The molecule has 3 rings (SSSR count). The molecule has 5 heteroatoms. The van der Waals surface area contributed by atoms with E-state index in [-0.39, 0.29) is 10.4 Å². The van der Waals surface area contributed by atoms with Gasteiger partial charge >= 0.3 is 6.18 Å². The first kappa shape index (κ1) is 11.4. The van der Waals surface area contributed by atoms with E-state index >= 15 is 0 Å². The van der Waals surface area contributed by atoms with E-state index in [2.05, 4.69) is 5.32 Å². The fourth-order valence-corrected chi connectivity index (χ4v) is 3.07.